The van der Waals surface area contributed by atoms with E-state index in [1.807, 2.05) is 0 Å². The molecule has 4 aliphatic carbocycles. The lowest BCUT2D eigenvalue weighted by Crippen LogP contribution is -2.51. The Morgan fingerprint density at radius 1 is 1.25 bits per heavy atom. The summed E-state index contributed by atoms with van der Waals surface area (Å²) in [5.74, 6) is 2.28. The number of hydrogen-bond donors (Lipinski definition) is 1. The number of halogens is 1. The zero-order chi connectivity index (χ0) is 17.3. The number of aliphatic hydroxyl groups excluding tert-OH is 1. The summed E-state index contributed by atoms with van der Waals surface area (Å²) in [5, 5.41) is 10.1. The Hall–Kier alpha value is -0.340. The van der Waals surface area contributed by atoms with Crippen LogP contribution in [0.15, 0.2) is 11.6 Å². The van der Waals surface area contributed by atoms with Crippen molar-refractivity contribution in [1.82, 2.24) is 0 Å². The Bertz CT molecular complexity index is 584. The smallest absolute Gasteiger partial charge is 0.134 e. The highest BCUT2D eigenvalue weighted by molar-refractivity contribution is 6.22. The van der Waals surface area contributed by atoms with Gasteiger partial charge in [-0.25, -0.2) is 0 Å². The summed E-state index contributed by atoms with van der Waals surface area (Å²) >= 11 is 6.69. The highest BCUT2D eigenvalue weighted by Gasteiger charge is 2.61. The summed E-state index contributed by atoms with van der Waals surface area (Å²) in [5.41, 5.74) is 1.86. The molecule has 134 valence electrons. The lowest BCUT2D eigenvalue weighted by atomic mass is 9.47. The number of fused-ring (bicyclic) bond motifs is 5. The molecule has 4 aliphatic rings. The topological polar surface area (TPSA) is 37.3 Å². The van der Waals surface area contributed by atoms with Crippen molar-refractivity contribution in [2.75, 3.05) is 0 Å². The van der Waals surface area contributed by atoms with Crippen LogP contribution in [-0.2, 0) is 4.79 Å². The highest BCUT2D eigenvalue weighted by Crippen LogP contribution is 2.66. The van der Waals surface area contributed by atoms with Gasteiger partial charge in [0.25, 0.3) is 0 Å². The van der Waals surface area contributed by atoms with Crippen LogP contribution in [-0.4, -0.2) is 22.4 Å². The second kappa shape index (κ2) is 5.58. The van der Waals surface area contributed by atoms with Crippen LogP contribution < -0.4 is 0 Å². The van der Waals surface area contributed by atoms with Crippen LogP contribution >= 0.6 is 11.6 Å². The van der Waals surface area contributed by atoms with Gasteiger partial charge in [-0.05, 0) is 80.5 Å². The molecule has 0 aromatic heterocycles. The number of aliphatic hydroxyl groups is 1. The van der Waals surface area contributed by atoms with E-state index in [0.717, 1.165) is 38.5 Å². The molecule has 0 unspecified atom stereocenters. The lowest BCUT2D eigenvalue weighted by molar-refractivity contribution is -0.127. The molecule has 0 spiro atoms. The van der Waals surface area contributed by atoms with E-state index in [0.29, 0.717) is 17.8 Å². The van der Waals surface area contributed by atoms with Crippen LogP contribution in [0.25, 0.3) is 0 Å². The average Bonchev–Trinajstić information content (AvgIpc) is 2.78. The van der Waals surface area contributed by atoms with Crippen LogP contribution in [0, 0.1) is 34.5 Å². The number of alkyl halides is 1. The molecule has 8 atom stereocenters. The van der Waals surface area contributed by atoms with Gasteiger partial charge in [-0.3, -0.25) is 4.79 Å². The Morgan fingerprint density at radius 3 is 2.71 bits per heavy atom. The zero-order valence-corrected chi connectivity index (χ0v) is 16.0. The van der Waals surface area contributed by atoms with Crippen LogP contribution in [0.5, 0.6) is 0 Å². The van der Waals surface area contributed by atoms with Crippen molar-refractivity contribution in [1.29, 1.82) is 0 Å². The maximum atomic E-state index is 12.3. The molecule has 0 bridgehead atoms. The Morgan fingerprint density at radius 2 is 2.00 bits per heavy atom. The van der Waals surface area contributed by atoms with Gasteiger partial charge in [0.15, 0.2) is 0 Å². The summed E-state index contributed by atoms with van der Waals surface area (Å²) in [6.07, 6.45) is 9.71. The van der Waals surface area contributed by atoms with E-state index in [-0.39, 0.29) is 34.0 Å². The van der Waals surface area contributed by atoms with Gasteiger partial charge in [0, 0.05) is 11.3 Å². The van der Waals surface area contributed by atoms with Gasteiger partial charge in [0.1, 0.15) is 5.78 Å². The molecule has 4 rings (SSSR count). The van der Waals surface area contributed by atoms with Crippen molar-refractivity contribution in [3.63, 3.8) is 0 Å². The molecule has 3 fully saturated rings. The van der Waals surface area contributed by atoms with Gasteiger partial charge in [0.2, 0.25) is 0 Å². The SMILES string of the molecule is CC(=O)[C@H]1[C@@H](Cl)C[C@H]2[C@@H]3CC=C4C[C@@H](O)CC[C@]4(C)[C@H]3CC[C@@]21C. The van der Waals surface area contributed by atoms with Crippen LogP contribution in [0.3, 0.4) is 0 Å². The van der Waals surface area contributed by atoms with Gasteiger partial charge in [-0.15, -0.1) is 11.6 Å². The monoisotopic (exact) mass is 350 g/mol. The molecule has 0 aromatic carbocycles. The molecule has 0 radical (unpaired) electrons. The summed E-state index contributed by atoms with van der Waals surface area (Å²) in [7, 11) is 0. The Labute approximate surface area is 151 Å². The molecule has 0 saturated heterocycles. The van der Waals surface area contributed by atoms with Gasteiger partial charge >= 0.3 is 0 Å². The first-order valence-electron chi connectivity index (χ1n) is 9.79. The van der Waals surface area contributed by atoms with E-state index in [4.69, 9.17) is 11.6 Å². The van der Waals surface area contributed by atoms with Crippen molar-refractivity contribution in [2.24, 2.45) is 34.5 Å². The first kappa shape index (κ1) is 17.1. The van der Waals surface area contributed by atoms with E-state index in [9.17, 15) is 9.90 Å². The van der Waals surface area contributed by atoms with E-state index < -0.39 is 0 Å². The predicted molar refractivity (Wildman–Crippen MR) is 96.9 cm³/mol. The average molecular weight is 351 g/mol. The summed E-state index contributed by atoms with van der Waals surface area (Å²) in [4.78, 5) is 12.3. The normalized spacial score (nSPS) is 53.6. The lowest BCUT2D eigenvalue weighted by Gasteiger charge is -2.57. The molecule has 3 saturated carbocycles. The third-order valence-corrected chi connectivity index (χ3v) is 8.93. The number of hydrogen-bond acceptors (Lipinski definition) is 2. The number of Topliss-reactive ketones (excluding diaryl/α,β-unsaturated/α-hetero) is 1. The second-order valence-electron chi connectivity index (χ2n) is 9.54. The van der Waals surface area contributed by atoms with E-state index >= 15 is 0 Å². The first-order chi connectivity index (χ1) is 11.3. The van der Waals surface area contributed by atoms with E-state index in [1.165, 1.54) is 12.0 Å². The summed E-state index contributed by atoms with van der Waals surface area (Å²) in [6, 6.07) is 0. The van der Waals surface area contributed by atoms with Crippen LogP contribution in [0.2, 0.25) is 0 Å². The van der Waals surface area contributed by atoms with Gasteiger partial charge in [-0.2, -0.15) is 0 Å². The minimum Gasteiger partial charge on any atom is -0.393 e. The molecule has 0 aliphatic heterocycles. The molecule has 1 N–H and O–H groups in total. The Balaban J connectivity index is 1.68. The van der Waals surface area contributed by atoms with Crippen molar-refractivity contribution in [3.8, 4) is 0 Å². The third kappa shape index (κ3) is 2.21. The molecule has 2 nitrogen and oxygen atoms in total. The fourth-order valence-electron chi connectivity index (χ4n) is 7.33. The minimum absolute atomic E-state index is 0.0163. The highest BCUT2D eigenvalue weighted by atomic mass is 35.5. The molecule has 0 heterocycles. The fourth-order valence-corrected chi connectivity index (χ4v) is 7.99. The van der Waals surface area contributed by atoms with Crippen molar-refractivity contribution in [3.05, 3.63) is 11.6 Å². The molecule has 3 heteroatoms. The largest absolute Gasteiger partial charge is 0.393 e. The summed E-state index contributed by atoms with van der Waals surface area (Å²) < 4.78 is 0. The van der Waals surface area contributed by atoms with Crippen molar-refractivity contribution in [2.45, 2.75) is 77.2 Å². The number of rotatable bonds is 1. The maximum Gasteiger partial charge on any atom is 0.134 e. The second-order valence-corrected chi connectivity index (χ2v) is 10.1. The van der Waals surface area contributed by atoms with Gasteiger partial charge in [-0.1, -0.05) is 25.5 Å². The third-order valence-electron chi connectivity index (χ3n) is 8.50. The molecule has 24 heavy (non-hydrogen) atoms. The van der Waals surface area contributed by atoms with E-state index in [2.05, 4.69) is 19.9 Å². The molecule has 0 amide bonds. The van der Waals surface area contributed by atoms with Crippen molar-refractivity contribution >= 4 is 17.4 Å². The molecule has 0 aromatic rings. The number of allylic oxidation sites excluding steroid dienone is 1. The molecular weight excluding hydrogens is 320 g/mol. The predicted octanol–water partition coefficient (Wildman–Crippen LogP) is 4.73. The van der Waals surface area contributed by atoms with Crippen LogP contribution in [0.4, 0.5) is 0 Å². The standard InChI is InChI=1S/C21H31ClO2/c1-12(23)19-18(22)11-17-15-5-4-13-10-14(24)6-8-20(13,2)16(15)7-9-21(17,19)3/h4,14-19,24H,5-11H2,1-3H3/t14-,15+,16-,17-,18-,19-,20-,21-/m0/s1. The van der Waals surface area contributed by atoms with Crippen molar-refractivity contribution < 1.29 is 9.90 Å². The van der Waals surface area contributed by atoms with Gasteiger partial charge < -0.3 is 5.11 Å². The van der Waals surface area contributed by atoms with Crippen LogP contribution in [0.1, 0.15) is 65.7 Å². The Kier molecular flexibility index (Phi) is 3.97. The number of ketones is 1. The number of carbonyl (C=O) groups excluding carboxylic acids is 1. The maximum absolute atomic E-state index is 12.3. The minimum atomic E-state index is -0.143. The van der Waals surface area contributed by atoms with Gasteiger partial charge in [0.05, 0.1) is 6.10 Å². The summed E-state index contributed by atoms with van der Waals surface area (Å²) in [6.45, 7) is 6.52. The fraction of sp³-hybridized carbons (Fsp3) is 0.857. The molecular formula is C21H31ClO2. The quantitative estimate of drug-likeness (QED) is 0.548. The first-order valence-corrected chi connectivity index (χ1v) is 10.2. The zero-order valence-electron chi connectivity index (χ0n) is 15.2. The number of carbonyl (C=O) groups is 1. The van der Waals surface area contributed by atoms with E-state index in [1.54, 1.807) is 6.92 Å².